The van der Waals surface area contributed by atoms with Gasteiger partial charge in [0.05, 0.1) is 19.5 Å². The highest BCUT2D eigenvalue weighted by Gasteiger charge is 2.32. The van der Waals surface area contributed by atoms with Crippen LogP contribution in [0.4, 0.5) is 0 Å². The minimum absolute atomic E-state index is 0.0247. The second-order valence-corrected chi connectivity index (χ2v) is 11.2. The van der Waals surface area contributed by atoms with Gasteiger partial charge >= 0.3 is 5.97 Å². The number of nitrogens with one attached hydrogen (secondary N) is 2. The highest BCUT2D eigenvalue weighted by molar-refractivity contribution is 5.89. The molecule has 0 aromatic heterocycles. The molecule has 3 N–H and O–H groups in total. The number of likely N-dealkylation sites (tertiary alicyclic amines) is 1. The Kier molecular flexibility index (Phi) is 10.3. The lowest BCUT2D eigenvalue weighted by Crippen LogP contribution is -2.52. The monoisotopic (exact) mass is 614 g/mol. The van der Waals surface area contributed by atoms with Gasteiger partial charge in [-0.25, -0.2) is 4.79 Å². The van der Waals surface area contributed by atoms with Crippen molar-refractivity contribution in [1.29, 1.82) is 0 Å². The maximum atomic E-state index is 13.7. The predicted molar refractivity (Wildman–Crippen MR) is 168 cm³/mol. The molecule has 1 saturated heterocycles. The van der Waals surface area contributed by atoms with Crippen LogP contribution in [0.2, 0.25) is 0 Å². The van der Waals surface area contributed by atoms with Gasteiger partial charge in [-0.1, -0.05) is 54.6 Å². The number of piperidine rings is 1. The molecule has 3 aromatic carbocycles. The van der Waals surface area contributed by atoms with E-state index in [1.54, 1.807) is 17.0 Å². The molecule has 0 bridgehead atoms. The summed E-state index contributed by atoms with van der Waals surface area (Å²) >= 11 is 0. The molecule has 3 amide bonds. The van der Waals surface area contributed by atoms with Gasteiger partial charge in [-0.15, -0.1) is 0 Å². The third-order valence-electron chi connectivity index (χ3n) is 8.31. The fraction of sp³-hybridized carbons (Fsp3) is 0.353. The molecule has 1 atom stereocenters. The fourth-order valence-electron chi connectivity index (χ4n) is 5.93. The van der Waals surface area contributed by atoms with Crippen LogP contribution in [0.3, 0.4) is 0 Å². The van der Waals surface area contributed by atoms with Crippen LogP contribution in [0.25, 0.3) is 10.8 Å². The minimum Gasteiger partial charge on any atom is -0.478 e. The Balaban J connectivity index is 1.23. The summed E-state index contributed by atoms with van der Waals surface area (Å²) in [5.41, 5.74) is 2.02. The Hall–Kier alpha value is -4.90. The lowest BCUT2D eigenvalue weighted by molar-refractivity contribution is -0.139. The number of nitrogens with zero attached hydrogens (tertiary/aromatic N) is 2. The van der Waals surface area contributed by atoms with E-state index in [4.69, 9.17) is 14.6 Å². The number of carboxylic acids is 1. The van der Waals surface area contributed by atoms with E-state index in [0.29, 0.717) is 24.3 Å². The van der Waals surface area contributed by atoms with Gasteiger partial charge in [0.25, 0.3) is 0 Å². The molecular formula is C34H38N4O7. The van der Waals surface area contributed by atoms with Crippen LogP contribution in [-0.4, -0.2) is 84.2 Å². The number of hydrogen-bond acceptors (Lipinski definition) is 7. The average Bonchev–Trinajstić information content (AvgIpc) is 3.52. The molecule has 0 radical (unpaired) electrons. The van der Waals surface area contributed by atoms with E-state index in [1.165, 1.54) is 22.4 Å². The lowest BCUT2D eigenvalue weighted by atomic mass is 9.95. The van der Waals surface area contributed by atoms with Crippen LogP contribution in [0.1, 0.15) is 36.9 Å². The maximum absolute atomic E-state index is 13.7. The van der Waals surface area contributed by atoms with E-state index in [1.807, 2.05) is 12.1 Å². The molecule has 5 rings (SSSR count). The average molecular weight is 615 g/mol. The van der Waals surface area contributed by atoms with Crippen molar-refractivity contribution in [2.75, 3.05) is 39.5 Å². The molecule has 236 valence electrons. The summed E-state index contributed by atoms with van der Waals surface area (Å²) < 4.78 is 10.9. The quantitative estimate of drug-likeness (QED) is 0.265. The zero-order chi connectivity index (χ0) is 31.8. The SMILES string of the molecule is CC(c1cccc2ccccc12)N1CCC(N(CC(=O)NCC(=O)NC/C=C/C(=O)O)C(=O)Cc2ccc3c(c2)OCO3)CC1. The third-order valence-corrected chi connectivity index (χ3v) is 8.31. The van der Waals surface area contributed by atoms with Crippen LogP contribution in [0.5, 0.6) is 11.5 Å². The number of carboxylic acid groups (broad SMARTS) is 1. The molecule has 11 nitrogen and oxygen atoms in total. The van der Waals surface area contributed by atoms with E-state index >= 15 is 0 Å². The van der Waals surface area contributed by atoms with E-state index in [2.05, 4.69) is 58.9 Å². The van der Waals surface area contributed by atoms with Crippen molar-refractivity contribution >= 4 is 34.5 Å². The molecule has 45 heavy (non-hydrogen) atoms. The number of ether oxygens (including phenoxy) is 2. The van der Waals surface area contributed by atoms with Crippen LogP contribution in [-0.2, 0) is 25.6 Å². The normalized spacial score (nSPS) is 15.6. The predicted octanol–water partition coefficient (Wildman–Crippen LogP) is 3.04. The van der Waals surface area contributed by atoms with E-state index in [9.17, 15) is 19.2 Å². The molecule has 2 aliphatic heterocycles. The number of benzene rings is 3. The maximum Gasteiger partial charge on any atom is 0.328 e. The standard InChI is InChI=1S/C34H38N4O7/c1-23(27-9-4-7-25-6-2-3-8-28(25)27)37-16-13-26(14-17-37)38(21-32(40)36-20-31(39)35-15-5-10-34(42)43)33(41)19-24-11-12-29-30(18-24)45-22-44-29/h2-12,18,23,26H,13-17,19-22H2,1H3,(H,35,39)(H,36,40)(H,42,43)/b10-5+. The summed E-state index contributed by atoms with van der Waals surface area (Å²) in [7, 11) is 0. The number of carbonyl (C=O) groups is 4. The van der Waals surface area contributed by atoms with E-state index < -0.39 is 17.8 Å². The van der Waals surface area contributed by atoms with Crippen molar-refractivity contribution in [2.45, 2.75) is 38.3 Å². The van der Waals surface area contributed by atoms with Crippen molar-refractivity contribution in [3.8, 4) is 11.5 Å². The first kappa shape index (κ1) is 31.5. The van der Waals surface area contributed by atoms with Gasteiger partial charge in [0.1, 0.15) is 0 Å². The summed E-state index contributed by atoms with van der Waals surface area (Å²) in [6.07, 6.45) is 3.72. The van der Waals surface area contributed by atoms with Gasteiger partial charge in [-0.3, -0.25) is 19.3 Å². The van der Waals surface area contributed by atoms with Gasteiger partial charge in [0.15, 0.2) is 11.5 Å². The van der Waals surface area contributed by atoms with Crippen molar-refractivity contribution in [3.63, 3.8) is 0 Å². The Bertz CT molecular complexity index is 1580. The number of amides is 3. The summed E-state index contributed by atoms with van der Waals surface area (Å²) in [6.45, 7) is 3.42. The van der Waals surface area contributed by atoms with Crippen molar-refractivity contribution < 1.29 is 33.8 Å². The third kappa shape index (κ3) is 8.18. The molecule has 2 heterocycles. The Morgan fingerprint density at radius 3 is 2.53 bits per heavy atom. The molecular weight excluding hydrogens is 576 g/mol. The van der Waals surface area contributed by atoms with Crippen molar-refractivity contribution in [3.05, 3.63) is 83.9 Å². The summed E-state index contributed by atoms with van der Waals surface area (Å²) in [6, 6.07) is 20.2. The topological polar surface area (TPSA) is 138 Å². The largest absolute Gasteiger partial charge is 0.478 e. The minimum atomic E-state index is -1.11. The Labute approximate surface area is 261 Å². The fourth-order valence-corrected chi connectivity index (χ4v) is 5.93. The zero-order valence-electron chi connectivity index (χ0n) is 25.2. The smallest absolute Gasteiger partial charge is 0.328 e. The Morgan fingerprint density at radius 1 is 0.978 bits per heavy atom. The van der Waals surface area contributed by atoms with E-state index in [0.717, 1.165) is 24.7 Å². The van der Waals surface area contributed by atoms with Gasteiger partial charge in [0, 0.05) is 37.8 Å². The zero-order valence-corrected chi connectivity index (χ0v) is 25.2. The van der Waals surface area contributed by atoms with Gasteiger partial charge in [-0.05, 0) is 53.8 Å². The number of aliphatic carboxylic acids is 1. The molecule has 0 spiro atoms. The van der Waals surface area contributed by atoms with Gasteiger partial charge in [0.2, 0.25) is 24.5 Å². The van der Waals surface area contributed by atoms with E-state index in [-0.39, 0.29) is 50.8 Å². The summed E-state index contributed by atoms with van der Waals surface area (Å²) in [5, 5.41) is 16.2. The number of hydrogen-bond donors (Lipinski definition) is 3. The van der Waals surface area contributed by atoms with Crippen LogP contribution in [0, 0.1) is 0 Å². The summed E-state index contributed by atoms with van der Waals surface area (Å²) in [5.74, 6) is -0.995. The lowest BCUT2D eigenvalue weighted by Gasteiger charge is -2.41. The van der Waals surface area contributed by atoms with Crippen molar-refractivity contribution in [1.82, 2.24) is 20.4 Å². The molecule has 0 saturated carbocycles. The first-order chi connectivity index (χ1) is 21.8. The first-order valence-corrected chi connectivity index (χ1v) is 15.1. The first-order valence-electron chi connectivity index (χ1n) is 15.1. The van der Waals surface area contributed by atoms with Crippen LogP contribution in [0.15, 0.2) is 72.8 Å². The second kappa shape index (κ2) is 14.7. The molecule has 11 heteroatoms. The number of rotatable bonds is 12. The molecule has 1 fully saturated rings. The molecule has 3 aromatic rings. The highest BCUT2D eigenvalue weighted by atomic mass is 16.7. The summed E-state index contributed by atoms with van der Waals surface area (Å²) in [4.78, 5) is 53.5. The Morgan fingerprint density at radius 2 is 1.73 bits per heavy atom. The second-order valence-electron chi connectivity index (χ2n) is 11.2. The van der Waals surface area contributed by atoms with Crippen LogP contribution < -0.4 is 20.1 Å². The molecule has 2 aliphatic rings. The highest BCUT2D eigenvalue weighted by Crippen LogP contribution is 2.33. The van der Waals surface area contributed by atoms with Gasteiger partial charge in [-0.2, -0.15) is 0 Å². The molecule has 0 aliphatic carbocycles. The number of carbonyl (C=O) groups excluding carboxylic acids is 3. The molecule has 1 unspecified atom stereocenters. The van der Waals surface area contributed by atoms with Crippen molar-refractivity contribution in [2.24, 2.45) is 0 Å². The number of fused-ring (bicyclic) bond motifs is 2. The van der Waals surface area contributed by atoms with Gasteiger partial charge < -0.3 is 30.1 Å². The van der Waals surface area contributed by atoms with Crippen LogP contribution >= 0.6 is 0 Å².